The summed E-state index contributed by atoms with van der Waals surface area (Å²) < 4.78 is 71.7. The Morgan fingerprint density at radius 2 is 1.67 bits per heavy atom. The number of aliphatic imine (C=N–C) groups is 1. The van der Waals surface area contributed by atoms with Crippen LogP contribution in [0.2, 0.25) is 0 Å². The standard InChI is InChI=1S/C24H15F5N2OS/c25-16-2-1-3-17(26)22(16)19-10-9-18(30-19)13-4-6-14(7-5-13)23-31-20-12-15(33-24(27,28)29)8-11-21(20)32-23/h1-8,11-12,18H,9-10H2. The lowest BCUT2D eigenvalue weighted by Crippen LogP contribution is -2.03. The minimum absolute atomic E-state index is 0.0337. The van der Waals surface area contributed by atoms with E-state index in [9.17, 15) is 22.0 Å². The number of halogens is 5. The highest BCUT2D eigenvalue weighted by molar-refractivity contribution is 8.00. The summed E-state index contributed by atoms with van der Waals surface area (Å²) in [6.07, 6.45) is 1.10. The van der Waals surface area contributed by atoms with Gasteiger partial charge in [0.1, 0.15) is 17.2 Å². The van der Waals surface area contributed by atoms with Gasteiger partial charge < -0.3 is 4.42 Å². The third kappa shape index (κ3) is 4.50. The number of hydrogen-bond donors (Lipinski definition) is 0. The maximum Gasteiger partial charge on any atom is 0.446 e. The molecule has 0 bridgehead atoms. The normalized spacial score (nSPS) is 16.4. The number of rotatable bonds is 4. The lowest BCUT2D eigenvalue weighted by atomic mass is 10.0. The molecular formula is C24H15F5N2OS. The van der Waals surface area contributed by atoms with Crippen molar-refractivity contribution in [1.82, 2.24) is 4.98 Å². The smallest absolute Gasteiger partial charge is 0.436 e. The van der Waals surface area contributed by atoms with E-state index in [2.05, 4.69) is 9.98 Å². The molecule has 0 radical (unpaired) electrons. The fraction of sp³-hybridized carbons (Fsp3) is 0.167. The maximum absolute atomic E-state index is 14.1. The van der Waals surface area contributed by atoms with Crippen LogP contribution in [0.15, 0.2) is 75.0 Å². The van der Waals surface area contributed by atoms with Crippen LogP contribution in [0.1, 0.15) is 30.0 Å². The molecule has 1 aliphatic rings. The predicted octanol–water partition coefficient (Wildman–Crippen LogP) is 7.71. The number of aromatic nitrogens is 1. The summed E-state index contributed by atoms with van der Waals surface area (Å²) in [6, 6.07) is 14.9. The fourth-order valence-electron chi connectivity index (χ4n) is 3.87. The Balaban J connectivity index is 1.38. The molecule has 1 aromatic heterocycles. The molecule has 0 spiro atoms. The van der Waals surface area contributed by atoms with E-state index in [1.54, 1.807) is 12.1 Å². The average Bonchev–Trinajstić information content (AvgIpc) is 3.40. The minimum atomic E-state index is -4.38. The minimum Gasteiger partial charge on any atom is -0.436 e. The summed E-state index contributed by atoms with van der Waals surface area (Å²) in [5, 5.41) is 0. The second-order valence-electron chi connectivity index (χ2n) is 7.55. The molecule has 0 amide bonds. The zero-order valence-electron chi connectivity index (χ0n) is 16.9. The molecule has 0 saturated heterocycles. The number of thioether (sulfide) groups is 1. The molecule has 1 atom stereocenters. The fourth-order valence-corrected chi connectivity index (χ4v) is 4.44. The van der Waals surface area contributed by atoms with Crippen molar-refractivity contribution in [3.8, 4) is 11.5 Å². The van der Waals surface area contributed by atoms with Gasteiger partial charge in [0.2, 0.25) is 5.89 Å². The van der Waals surface area contributed by atoms with Crippen LogP contribution in [0.3, 0.4) is 0 Å². The Labute approximate surface area is 189 Å². The predicted molar refractivity (Wildman–Crippen MR) is 116 cm³/mol. The second kappa shape index (κ2) is 8.30. The molecule has 9 heteroatoms. The second-order valence-corrected chi connectivity index (χ2v) is 8.68. The summed E-state index contributed by atoms with van der Waals surface area (Å²) in [5.74, 6) is -0.968. The van der Waals surface area contributed by atoms with Crippen LogP contribution in [-0.2, 0) is 0 Å². The first-order chi connectivity index (χ1) is 15.8. The topological polar surface area (TPSA) is 38.4 Å². The molecule has 1 unspecified atom stereocenters. The molecule has 1 aliphatic heterocycles. The van der Waals surface area contributed by atoms with Gasteiger partial charge in [-0.1, -0.05) is 18.2 Å². The summed E-state index contributed by atoms with van der Waals surface area (Å²) in [5.41, 5.74) is -1.79. The Bertz CT molecular complexity index is 1340. The lowest BCUT2D eigenvalue weighted by molar-refractivity contribution is -0.0328. The van der Waals surface area contributed by atoms with E-state index in [0.717, 1.165) is 5.56 Å². The quantitative estimate of drug-likeness (QED) is 0.225. The Kier molecular flexibility index (Phi) is 5.44. The van der Waals surface area contributed by atoms with Crippen molar-refractivity contribution < 1.29 is 26.4 Å². The maximum atomic E-state index is 14.1. The van der Waals surface area contributed by atoms with Gasteiger partial charge in [-0.05, 0) is 72.6 Å². The molecule has 3 aromatic carbocycles. The summed E-state index contributed by atoms with van der Waals surface area (Å²) in [4.78, 5) is 8.88. The van der Waals surface area contributed by atoms with Crippen molar-refractivity contribution in [3.05, 3.63) is 83.4 Å². The summed E-state index contributed by atoms with van der Waals surface area (Å²) in [6.45, 7) is 0. The zero-order valence-corrected chi connectivity index (χ0v) is 17.7. The van der Waals surface area contributed by atoms with E-state index in [1.165, 1.54) is 36.4 Å². The molecule has 4 aromatic rings. The monoisotopic (exact) mass is 474 g/mol. The van der Waals surface area contributed by atoms with Gasteiger partial charge in [-0.2, -0.15) is 13.2 Å². The van der Waals surface area contributed by atoms with E-state index < -0.39 is 17.1 Å². The van der Waals surface area contributed by atoms with Gasteiger partial charge in [0, 0.05) is 16.2 Å². The van der Waals surface area contributed by atoms with Crippen LogP contribution in [0.25, 0.3) is 22.6 Å². The highest BCUT2D eigenvalue weighted by atomic mass is 32.2. The number of hydrogen-bond acceptors (Lipinski definition) is 4. The first-order valence-electron chi connectivity index (χ1n) is 10.0. The Morgan fingerprint density at radius 3 is 2.36 bits per heavy atom. The Hall–Kier alpha value is -3.20. The number of nitrogens with zero attached hydrogens (tertiary/aromatic N) is 2. The third-order valence-corrected chi connectivity index (χ3v) is 6.07. The number of oxazole rings is 1. The van der Waals surface area contributed by atoms with Gasteiger partial charge in [0.15, 0.2) is 5.58 Å². The van der Waals surface area contributed by atoms with Crippen LogP contribution >= 0.6 is 11.8 Å². The first kappa shape index (κ1) is 21.6. The molecule has 0 saturated carbocycles. The lowest BCUT2D eigenvalue weighted by Gasteiger charge is -2.07. The Morgan fingerprint density at radius 1 is 0.939 bits per heavy atom. The van der Waals surface area contributed by atoms with Crippen molar-refractivity contribution in [2.45, 2.75) is 29.3 Å². The number of fused-ring (bicyclic) bond motifs is 1. The van der Waals surface area contributed by atoms with Gasteiger partial charge in [0.25, 0.3) is 0 Å². The van der Waals surface area contributed by atoms with Crippen molar-refractivity contribution in [2.75, 3.05) is 0 Å². The number of alkyl halides is 3. The van der Waals surface area contributed by atoms with E-state index in [4.69, 9.17) is 4.42 Å². The average molecular weight is 474 g/mol. The van der Waals surface area contributed by atoms with E-state index >= 15 is 0 Å². The van der Waals surface area contributed by atoms with E-state index in [1.807, 2.05) is 12.1 Å². The highest BCUT2D eigenvalue weighted by Gasteiger charge is 2.29. The van der Waals surface area contributed by atoms with E-state index in [-0.39, 0.29) is 34.2 Å². The molecule has 33 heavy (non-hydrogen) atoms. The van der Waals surface area contributed by atoms with Gasteiger partial charge in [-0.15, -0.1) is 0 Å². The number of benzene rings is 3. The van der Waals surface area contributed by atoms with Crippen LogP contribution < -0.4 is 0 Å². The molecule has 0 fully saturated rings. The van der Waals surface area contributed by atoms with Gasteiger partial charge in [-0.3, -0.25) is 4.99 Å². The van der Waals surface area contributed by atoms with E-state index in [0.29, 0.717) is 35.2 Å². The zero-order chi connectivity index (χ0) is 23.2. The first-order valence-corrected chi connectivity index (χ1v) is 10.9. The van der Waals surface area contributed by atoms with Gasteiger partial charge >= 0.3 is 5.51 Å². The van der Waals surface area contributed by atoms with Crippen LogP contribution in [0.5, 0.6) is 0 Å². The molecule has 2 heterocycles. The van der Waals surface area contributed by atoms with Crippen LogP contribution in [0, 0.1) is 11.6 Å². The third-order valence-electron chi connectivity index (χ3n) is 5.35. The summed E-state index contributed by atoms with van der Waals surface area (Å²) >= 11 is -0.204. The molecule has 0 aliphatic carbocycles. The van der Waals surface area contributed by atoms with Crippen LogP contribution in [-0.4, -0.2) is 16.2 Å². The largest absolute Gasteiger partial charge is 0.446 e. The molecule has 5 rings (SSSR count). The molecule has 168 valence electrons. The molecule has 3 nitrogen and oxygen atoms in total. The molecule has 0 N–H and O–H groups in total. The van der Waals surface area contributed by atoms with Gasteiger partial charge in [0.05, 0.1) is 11.6 Å². The molecular weight excluding hydrogens is 459 g/mol. The van der Waals surface area contributed by atoms with Gasteiger partial charge in [-0.25, -0.2) is 13.8 Å². The van der Waals surface area contributed by atoms with Crippen molar-refractivity contribution >= 4 is 28.6 Å². The van der Waals surface area contributed by atoms with Crippen molar-refractivity contribution in [1.29, 1.82) is 0 Å². The summed E-state index contributed by atoms with van der Waals surface area (Å²) in [7, 11) is 0. The van der Waals surface area contributed by atoms with Crippen LogP contribution in [0.4, 0.5) is 22.0 Å². The van der Waals surface area contributed by atoms with Crippen molar-refractivity contribution in [3.63, 3.8) is 0 Å². The highest BCUT2D eigenvalue weighted by Crippen LogP contribution is 2.38. The SMILES string of the molecule is Fc1cccc(F)c1C1=NC(c2ccc(-c3nc4cc(SC(F)(F)F)ccc4o3)cc2)CC1. The van der Waals surface area contributed by atoms with Crippen molar-refractivity contribution in [2.24, 2.45) is 4.99 Å².